The van der Waals surface area contributed by atoms with Gasteiger partial charge in [0.25, 0.3) is 0 Å². The van der Waals surface area contributed by atoms with Gasteiger partial charge in [-0.3, -0.25) is 4.79 Å². The SMILES string of the molecule is NC(=O)c1cccc(OCc2ncncc2C(=O)O)c1. The standard InChI is InChI=1S/C13H11N3O4/c14-12(17)8-2-1-3-9(4-8)20-6-11-10(13(18)19)5-15-7-16-11/h1-5,7H,6H2,(H2,14,17)(H,18,19). The Balaban J connectivity index is 2.15. The smallest absolute Gasteiger partial charge is 0.339 e. The molecule has 2 rings (SSSR count). The highest BCUT2D eigenvalue weighted by Crippen LogP contribution is 2.15. The maximum absolute atomic E-state index is 11.0. The Bertz CT molecular complexity index is 658. The molecule has 0 atom stereocenters. The van der Waals surface area contributed by atoms with E-state index in [1.54, 1.807) is 18.2 Å². The maximum atomic E-state index is 11.0. The molecule has 1 heterocycles. The minimum absolute atomic E-state index is 0.0291. The fourth-order valence-electron chi connectivity index (χ4n) is 1.54. The van der Waals surface area contributed by atoms with Gasteiger partial charge in [0, 0.05) is 11.8 Å². The van der Waals surface area contributed by atoms with Gasteiger partial charge in [0.05, 0.1) is 5.69 Å². The Morgan fingerprint density at radius 2 is 2.15 bits per heavy atom. The molecular formula is C13H11N3O4. The number of benzene rings is 1. The molecule has 0 saturated heterocycles. The first-order valence-corrected chi connectivity index (χ1v) is 5.63. The largest absolute Gasteiger partial charge is 0.487 e. The molecule has 1 aromatic carbocycles. The van der Waals surface area contributed by atoms with Gasteiger partial charge in [-0.15, -0.1) is 0 Å². The van der Waals surface area contributed by atoms with Crippen molar-refractivity contribution < 1.29 is 19.4 Å². The fraction of sp³-hybridized carbons (Fsp3) is 0.0769. The second-order valence-electron chi connectivity index (χ2n) is 3.87. The molecule has 7 nitrogen and oxygen atoms in total. The van der Waals surface area contributed by atoms with Crippen molar-refractivity contribution in [2.24, 2.45) is 5.73 Å². The summed E-state index contributed by atoms with van der Waals surface area (Å²) in [4.78, 5) is 29.5. The molecular weight excluding hydrogens is 262 g/mol. The minimum atomic E-state index is -1.13. The average Bonchev–Trinajstić information content (AvgIpc) is 2.45. The number of amides is 1. The van der Waals surface area contributed by atoms with E-state index in [0.717, 1.165) is 0 Å². The number of hydrogen-bond donors (Lipinski definition) is 2. The van der Waals surface area contributed by atoms with Gasteiger partial charge in [0.2, 0.25) is 5.91 Å². The van der Waals surface area contributed by atoms with Crippen LogP contribution in [-0.4, -0.2) is 27.0 Å². The van der Waals surface area contributed by atoms with Crippen LogP contribution in [0.1, 0.15) is 26.4 Å². The number of aromatic carboxylic acids is 1. The summed E-state index contributed by atoms with van der Waals surface area (Å²) in [5.41, 5.74) is 5.69. The van der Waals surface area contributed by atoms with Crippen molar-refractivity contribution in [3.8, 4) is 5.75 Å². The van der Waals surface area contributed by atoms with Gasteiger partial charge in [-0.05, 0) is 18.2 Å². The van der Waals surface area contributed by atoms with Crippen LogP contribution in [-0.2, 0) is 6.61 Å². The summed E-state index contributed by atoms with van der Waals surface area (Å²) in [5.74, 6) is -1.30. The van der Waals surface area contributed by atoms with Gasteiger partial charge in [-0.25, -0.2) is 14.8 Å². The number of rotatable bonds is 5. The highest BCUT2D eigenvalue weighted by molar-refractivity contribution is 5.93. The van der Waals surface area contributed by atoms with Crippen LogP contribution >= 0.6 is 0 Å². The zero-order valence-electron chi connectivity index (χ0n) is 10.3. The van der Waals surface area contributed by atoms with E-state index in [2.05, 4.69) is 9.97 Å². The van der Waals surface area contributed by atoms with E-state index in [9.17, 15) is 9.59 Å². The maximum Gasteiger partial charge on any atom is 0.339 e. The van der Waals surface area contributed by atoms with Crippen molar-refractivity contribution >= 4 is 11.9 Å². The molecule has 0 aliphatic rings. The molecule has 0 spiro atoms. The lowest BCUT2D eigenvalue weighted by Gasteiger charge is -2.08. The lowest BCUT2D eigenvalue weighted by atomic mass is 10.2. The summed E-state index contributed by atoms with van der Waals surface area (Å²) in [5, 5.41) is 8.98. The fourth-order valence-corrected chi connectivity index (χ4v) is 1.54. The molecule has 0 saturated carbocycles. The number of ether oxygens (including phenoxy) is 1. The first kappa shape index (κ1) is 13.5. The van der Waals surface area contributed by atoms with E-state index in [0.29, 0.717) is 11.3 Å². The predicted molar refractivity (Wildman–Crippen MR) is 68.3 cm³/mol. The third-order valence-corrected chi connectivity index (χ3v) is 2.52. The zero-order chi connectivity index (χ0) is 14.5. The average molecular weight is 273 g/mol. The van der Waals surface area contributed by atoms with Gasteiger partial charge >= 0.3 is 5.97 Å². The lowest BCUT2D eigenvalue weighted by Crippen LogP contribution is -2.11. The summed E-state index contributed by atoms with van der Waals surface area (Å²) >= 11 is 0. The Morgan fingerprint density at radius 3 is 2.85 bits per heavy atom. The number of carbonyl (C=O) groups excluding carboxylic acids is 1. The molecule has 2 aromatic rings. The van der Waals surface area contributed by atoms with Gasteiger partial charge in [-0.2, -0.15) is 0 Å². The molecule has 20 heavy (non-hydrogen) atoms. The van der Waals surface area contributed by atoms with Crippen LogP contribution < -0.4 is 10.5 Å². The molecule has 1 aromatic heterocycles. The number of nitrogens with zero attached hydrogens (tertiary/aromatic N) is 2. The summed E-state index contributed by atoms with van der Waals surface area (Å²) in [6.45, 7) is -0.0492. The van der Waals surface area contributed by atoms with E-state index in [1.807, 2.05) is 0 Å². The number of carboxylic acid groups (broad SMARTS) is 1. The van der Waals surface area contributed by atoms with Crippen molar-refractivity contribution in [2.75, 3.05) is 0 Å². The van der Waals surface area contributed by atoms with Crippen LogP contribution in [0.5, 0.6) is 5.75 Å². The molecule has 3 N–H and O–H groups in total. The molecule has 0 fully saturated rings. The van der Waals surface area contributed by atoms with Crippen LogP contribution in [0.2, 0.25) is 0 Å². The van der Waals surface area contributed by atoms with Crippen molar-refractivity contribution in [1.82, 2.24) is 9.97 Å². The topological polar surface area (TPSA) is 115 Å². The first-order chi connectivity index (χ1) is 9.58. The Hall–Kier alpha value is -2.96. The van der Waals surface area contributed by atoms with E-state index < -0.39 is 11.9 Å². The van der Waals surface area contributed by atoms with E-state index in [1.165, 1.54) is 18.6 Å². The van der Waals surface area contributed by atoms with E-state index >= 15 is 0 Å². The number of carboxylic acids is 1. The quantitative estimate of drug-likeness (QED) is 0.834. The summed E-state index contributed by atoms with van der Waals surface area (Å²) in [6.07, 6.45) is 2.44. The Labute approximate surface area is 114 Å². The molecule has 0 radical (unpaired) electrons. The van der Waals surface area contributed by atoms with E-state index in [-0.39, 0.29) is 17.9 Å². The first-order valence-electron chi connectivity index (χ1n) is 5.63. The van der Waals surface area contributed by atoms with Gasteiger partial charge in [-0.1, -0.05) is 6.07 Å². The highest BCUT2D eigenvalue weighted by atomic mass is 16.5. The number of aromatic nitrogens is 2. The van der Waals surface area contributed by atoms with Crippen LogP contribution in [0, 0.1) is 0 Å². The van der Waals surface area contributed by atoms with Crippen molar-refractivity contribution in [2.45, 2.75) is 6.61 Å². The third kappa shape index (κ3) is 3.08. The van der Waals surface area contributed by atoms with Crippen LogP contribution in [0.15, 0.2) is 36.8 Å². The second kappa shape index (κ2) is 5.79. The Morgan fingerprint density at radius 1 is 1.35 bits per heavy atom. The zero-order valence-corrected chi connectivity index (χ0v) is 10.3. The van der Waals surface area contributed by atoms with Gasteiger partial charge < -0.3 is 15.6 Å². The Kier molecular flexibility index (Phi) is 3.90. The summed E-state index contributed by atoms with van der Waals surface area (Å²) < 4.78 is 5.41. The molecule has 0 unspecified atom stereocenters. The number of carbonyl (C=O) groups is 2. The number of hydrogen-bond acceptors (Lipinski definition) is 5. The van der Waals surface area contributed by atoms with Crippen molar-refractivity contribution in [1.29, 1.82) is 0 Å². The van der Waals surface area contributed by atoms with Gasteiger partial charge in [0.15, 0.2) is 0 Å². The lowest BCUT2D eigenvalue weighted by molar-refractivity contribution is 0.0692. The number of nitrogens with two attached hydrogens (primary N) is 1. The number of primary amides is 1. The molecule has 102 valence electrons. The van der Waals surface area contributed by atoms with Crippen LogP contribution in [0.3, 0.4) is 0 Å². The normalized spacial score (nSPS) is 10.0. The highest BCUT2D eigenvalue weighted by Gasteiger charge is 2.12. The van der Waals surface area contributed by atoms with Crippen LogP contribution in [0.4, 0.5) is 0 Å². The predicted octanol–water partition coefficient (Wildman–Crippen LogP) is 0.853. The minimum Gasteiger partial charge on any atom is -0.487 e. The van der Waals surface area contributed by atoms with Crippen LogP contribution in [0.25, 0.3) is 0 Å². The van der Waals surface area contributed by atoms with Crippen molar-refractivity contribution in [3.05, 3.63) is 53.6 Å². The molecule has 7 heteroatoms. The molecule has 0 bridgehead atoms. The molecule has 0 aliphatic carbocycles. The second-order valence-corrected chi connectivity index (χ2v) is 3.87. The molecule has 0 aliphatic heterocycles. The third-order valence-electron chi connectivity index (χ3n) is 2.52. The summed E-state index contributed by atoms with van der Waals surface area (Å²) in [7, 11) is 0. The van der Waals surface area contributed by atoms with Crippen molar-refractivity contribution in [3.63, 3.8) is 0 Å². The summed E-state index contributed by atoms with van der Waals surface area (Å²) in [6, 6.07) is 6.29. The van der Waals surface area contributed by atoms with E-state index in [4.69, 9.17) is 15.6 Å². The monoisotopic (exact) mass is 273 g/mol. The molecule has 1 amide bonds. The van der Waals surface area contributed by atoms with Gasteiger partial charge in [0.1, 0.15) is 24.2 Å².